The van der Waals surface area contributed by atoms with Gasteiger partial charge in [-0.15, -0.1) is 0 Å². The van der Waals surface area contributed by atoms with Gasteiger partial charge in [0, 0.05) is 11.4 Å². The smallest absolute Gasteiger partial charge is 0.255 e. The number of carbonyl (C=O) groups excluding carboxylic acids is 1. The lowest BCUT2D eigenvalue weighted by Gasteiger charge is -2.30. The van der Waals surface area contributed by atoms with Crippen LogP contribution < -0.4 is 25.4 Å². The van der Waals surface area contributed by atoms with E-state index in [1.54, 1.807) is 7.11 Å². The molecule has 0 bridgehead atoms. The van der Waals surface area contributed by atoms with Crippen LogP contribution in [0.5, 0.6) is 11.5 Å². The molecule has 0 radical (unpaired) electrons. The molecule has 1 amide bonds. The van der Waals surface area contributed by atoms with Crippen LogP contribution in [0.1, 0.15) is 25.5 Å². The van der Waals surface area contributed by atoms with Crippen molar-refractivity contribution in [1.29, 1.82) is 0 Å². The normalized spacial score (nSPS) is 16.1. The highest BCUT2D eigenvalue weighted by atomic mass is 32.1. The maximum absolute atomic E-state index is 13.1. The van der Waals surface area contributed by atoms with E-state index < -0.39 is 0 Å². The Morgan fingerprint density at radius 1 is 1.11 bits per heavy atom. The molecule has 28 heavy (non-hydrogen) atoms. The van der Waals surface area contributed by atoms with E-state index in [-0.39, 0.29) is 11.9 Å². The molecule has 0 aromatic heterocycles. The number of allylic oxidation sites excluding steroid dienone is 1. The second-order valence-electron chi connectivity index (χ2n) is 6.25. The van der Waals surface area contributed by atoms with Gasteiger partial charge in [-0.05, 0) is 68.0 Å². The molecule has 0 spiro atoms. The van der Waals surface area contributed by atoms with Gasteiger partial charge in [0.25, 0.3) is 5.91 Å². The van der Waals surface area contributed by atoms with Crippen molar-refractivity contribution in [3.05, 3.63) is 65.4 Å². The summed E-state index contributed by atoms with van der Waals surface area (Å²) in [6, 6.07) is 14.5. The van der Waals surface area contributed by atoms with Gasteiger partial charge in [0.2, 0.25) is 0 Å². The van der Waals surface area contributed by atoms with E-state index in [0.717, 1.165) is 17.1 Å². The lowest BCUT2D eigenvalue weighted by Crippen LogP contribution is -2.45. The largest absolute Gasteiger partial charge is 0.497 e. The van der Waals surface area contributed by atoms with Crippen LogP contribution in [0.25, 0.3) is 0 Å². The topological polar surface area (TPSA) is 71.6 Å². The molecule has 0 unspecified atom stereocenters. The monoisotopic (exact) mass is 397 g/mol. The van der Waals surface area contributed by atoms with Gasteiger partial charge < -0.3 is 25.4 Å². The number of thiocarbonyl (C=S) groups is 1. The van der Waals surface area contributed by atoms with Gasteiger partial charge in [0.1, 0.15) is 11.5 Å². The second-order valence-corrected chi connectivity index (χ2v) is 6.66. The summed E-state index contributed by atoms with van der Waals surface area (Å²) in [4.78, 5) is 13.1. The highest BCUT2D eigenvalue weighted by molar-refractivity contribution is 7.80. The fourth-order valence-electron chi connectivity index (χ4n) is 3.04. The van der Waals surface area contributed by atoms with Crippen molar-refractivity contribution in [2.75, 3.05) is 19.0 Å². The summed E-state index contributed by atoms with van der Waals surface area (Å²) in [5.74, 6) is 1.31. The van der Waals surface area contributed by atoms with Crippen molar-refractivity contribution in [2.45, 2.75) is 19.9 Å². The summed E-state index contributed by atoms with van der Waals surface area (Å²) in [6.07, 6.45) is 0. The first-order valence-electron chi connectivity index (χ1n) is 8.98. The molecule has 0 fully saturated rings. The standard InChI is InChI=1S/C21H23N3O3S/c1-4-27-17-11-7-15(8-12-17)23-20(25)18-13(2)22-21(28)24-19(18)14-5-9-16(26-3)10-6-14/h5-12,19H,4H2,1-3H3,(H,23,25)(H2,22,24,28)/t19-/m0/s1. The van der Waals surface area contributed by atoms with E-state index in [1.807, 2.05) is 62.4 Å². The number of methoxy groups -OCH3 is 1. The van der Waals surface area contributed by atoms with E-state index in [9.17, 15) is 4.79 Å². The fourth-order valence-corrected chi connectivity index (χ4v) is 3.31. The molecule has 2 aromatic carbocycles. The zero-order chi connectivity index (χ0) is 20.1. The van der Waals surface area contributed by atoms with E-state index in [4.69, 9.17) is 21.7 Å². The van der Waals surface area contributed by atoms with Gasteiger partial charge in [0.15, 0.2) is 5.11 Å². The average molecular weight is 398 g/mol. The van der Waals surface area contributed by atoms with Crippen LogP contribution in [0.3, 0.4) is 0 Å². The molecule has 1 aliphatic heterocycles. The molecule has 0 saturated heterocycles. The Bertz CT molecular complexity index is 892. The molecule has 1 aliphatic rings. The van der Waals surface area contributed by atoms with Crippen molar-refractivity contribution in [3.63, 3.8) is 0 Å². The fraction of sp³-hybridized carbons (Fsp3) is 0.238. The molecule has 146 valence electrons. The Balaban J connectivity index is 1.85. The summed E-state index contributed by atoms with van der Waals surface area (Å²) in [7, 11) is 1.62. The van der Waals surface area contributed by atoms with Gasteiger partial charge in [-0.1, -0.05) is 12.1 Å². The summed E-state index contributed by atoms with van der Waals surface area (Å²) < 4.78 is 10.7. The molecule has 3 N–H and O–H groups in total. The molecule has 2 aromatic rings. The van der Waals surface area contributed by atoms with Gasteiger partial charge in [-0.25, -0.2) is 0 Å². The Kier molecular flexibility index (Phi) is 6.16. The third-order valence-electron chi connectivity index (χ3n) is 4.39. The van der Waals surface area contributed by atoms with E-state index in [1.165, 1.54) is 0 Å². The third kappa shape index (κ3) is 4.43. The zero-order valence-electron chi connectivity index (χ0n) is 16.0. The Labute approximate surface area is 169 Å². The number of anilines is 1. The van der Waals surface area contributed by atoms with Crippen molar-refractivity contribution >= 4 is 28.9 Å². The van der Waals surface area contributed by atoms with Crippen LogP contribution in [-0.2, 0) is 4.79 Å². The number of benzene rings is 2. The van der Waals surface area contributed by atoms with Gasteiger partial charge >= 0.3 is 0 Å². The molecule has 0 aliphatic carbocycles. The number of hydrogen-bond acceptors (Lipinski definition) is 4. The minimum absolute atomic E-state index is 0.204. The van der Waals surface area contributed by atoms with Crippen LogP contribution in [0, 0.1) is 0 Å². The average Bonchev–Trinajstić information content (AvgIpc) is 2.69. The molecular weight excluding hydrogens is 374 g/mol. The first-order chi connectivity index (χ1) is 13.5. The quantitative estimate of drug-likeness (QED) is 0.648. The van der Waals surface area contributed by atoms with Crippen LogP contribution in [0.15, 0.2) is 59.8 Å². The zero-order valence-corrected chi connectivity index (χ0v) is 16.9. The molecule has 3 rings (SSSR count). The van der Waals surface area contributed by atoms with E-state index >= 15 is 0 Å². The minimum Gasteiger partial charge on any atom is -0.497 e. The lowest BCUT2D eigenvalue weighted by atomic mass is 9.95. The highest BCUT2D eigenvalue weighted by Crippen LogP contribution is 2.29. The summed E-state index contributed by atoms with van der Waals surface area (Å²) >= 11 is 5.29. The molecule has 6 nitrogen and oxygen atoms in total. The first kappa shape index (κ1) is 19.7. The van der Waals surface area contributed by atoms with Gasteiger partial charge in [-0.3, -0.25) is 4.79 Å². The Morgan fingerprint density at radius 3 is 2.36 bits per heavy atom. The SMILES string of the molecule is CCOc1ccc(NC(=O)C2=C(C)NC(=S)N[C@H]2c2ccc(OC)cc2)cc1. The maximum atomic E-state index is 13.1. The van der Waals surface area contributed by atoms with Gasteiger partial charge in [0.05, 0.1) is 25.3 Å². The number of hydrogen-bond donors (Lipinski definition) is 3. The lowest BCUT2D eigenvalue weighted by molar-refractivity contribution is -0.113. The summed E-state index contributed by atoms with van der Waals surface area (Å²) in [5.41, 5.74) is 2.90. The number of amides is 1. The third-order valence-corrected chi connectivity index (χ3v) is 4.61. The highest BCUT2D eigenvalue weighted by Gasteiger charge is 2.29. The van der Waals surface area contributed by atoms with Crippen LogP contribution in [0.2, 0.25) is 0 Å². The Morgan fingerprint density at radius 2 is 1.75 bits per heavy atom. The van der Waals surface area contributed by atoms with Crippen molar-refractivity contribution in [1.82, 2.24) is 10.6 Å². The van der Waals surface area contributed by atoms with Crippen LogP contribution in [-0.4, -0.2) is 24.7 Å². The minimum atomic E-state index is -0.359. The van der Waals surface area contributed by atoms with E-state index in [0.29, 0.717) is 28.7 Å². The predicted molar refractivity (Wildman–Crippen MR) is 114 cm³/mol. The van der Waals surface area contributed by atoms with Crippen LogP contribution >= 0.6 is 12.2 Å². The van der Waals surface area contributed by atoms with Gasteiger partial charge in [-0.2, -0.15) is 0 Å². The number of nitrogens with one attached hydrogen (secondary N) is 3. The second kappa shape index (κ2) is 8.75. The van der Waals surface area contributed by atoms with Crippen molar-refractivity contribution in [3.8, 4) is 11.5 Å². The predicted octanol–water partition coefficient (Wildman–Crippen LogP) is 3.53. The maximum Gasteiger partial charge on any atom is 0.255 e. The molecule has 1 atom stereocenters. The Hall–Kier alpha value is -3.06. The molecule has 7 heteroatoms. The summed E-state index contributed by atoms with van der Waals surface area (Å²) in [5, 5.41) is 9.65. The number of carbonyl (C=O) groups is 1. The van der Waals surface area contributed by atoms with E-state index in [2.05, 4.69) is 16.0 Å². The number of rotatable bonds is 6. The molecule has 1 heterocycles. The molecule has 0 saturated carbocycles. The number of ether oxygens (including phenoxy) is 2. The van der Waals surface area contributed by atoms with Crippen LogP contribution in [0.4, 0.5) is 5.69 Å². The first-order valence-corrected chi connectivity index (χ1v) is 9.39. The van der Waals surface area contributed by atoms with Crippen molar-refractivity contribution in [2.24, 2.45) is 0 Å². The molecular formula is C21H23N3O3S. The van der Waals surface area contributed by atoms with Crippen molar-refractivity contribution < 1.29 is 14.3 Å². The summed E-state index contributed by atoms with van der Waals surface area (Å²) in [6.45, 7) is 4.37.